The van der Waals surface area contributed by atoms with E-state index in [4.69, 9.17) is 10.5 Å². The molecule has 0 spiro atoms. The first-order valence-corrected chi connectivity index (χ1v) is 7.86. The number of nitrogens with one attached hydrogen (secondary N) is 1. The lowest BCUT2D eigenvalue weighted by Gasteiger charge is -2.26. The Balaban J connectivity index is 2.15. The Bertz CT molecular complexity index is 448. The number of rotatable bonds is 10. The van der Waals surface area contributed by atoms with Crippen LogP contribution in [0.2, 0.25) is 0 Å². The summed E-state index contributed by atoms with van der Waals surface area (Å²) in [6.07, 6.45) is 0.425. The van der Waals surface area contributed by atoms with Crippen molar-refractivity contribution in [2.75, 3.05) is 19.8 Å². The van der Waals surface area contributed by atoms with E-state index in [1.165, 1.54) is 4.88 Å². The molecule has 1 aromatic heterocycles. The molecule has 1 amide bonds. The lowest BCUT2D eigenvalue weighted by atomic mass is 10.0. The van der Waals surface area contributed by atoms with E-state index in [1.54, 1.807) is 11.3 Å². The summed E-state index contributed by atoms with van der Waals surface area (Å²) in [5, 5.41) is 13.0. The quantitative estimate of drug-likeness (QED) is 0.550. The molecule has 0 aromatic carbocycles. The van der Waals surface area contributed by atoms with Crippen LogP contribution < -0.4 is 11.1 Å². The molecule has 1 heterocycles. The number of aliphatic hydroxyl groups is 1. The largest absolute Gasteiger partial charge is 0.389 e. The number of carbonyl (C=O) groups is 1. The molecule has 120 valence electrons. The van der Waals surface area contributed by atoms with E-state index in [9.17, 15) is 9.90 Å². The van der Waals surface area contributed by atoms with Gasteiger partial charge in [0.15, 0.2) is 0 Å². The zero-order valence-electron chi connectivity index (χ0n) is 12.9. The van der Waals surface area contributed by atoms with Gasteiger partial charge in [-0.05, 0) is 20.8 Å². The van der Waals surface area contributed by atoms with E-state index in [2.05, 4.69) is 10.3 Å². The van der Waals surface area contributed by atoms with Crippen LogP contribution in [-0.2, 0) is 16.0 Å². The van der Waals surface area contributed by atoms with Crippen LogP contribution in [0.4, 0.5) is 0 Å². The van der Waals surface area contributed by atoms with Gasteiger partial charge in [-0.15, -0.1) is 11.3 Å². The summed E-state index contributed by atoms with van der Waals surface area (Å²) in [5.74, 6) is -0.363. The normalized spacial score (nSPS) is 13.3. The number of aliphatic hydroxyl groups excluding tert-OH is 1. The van der Waals surface area contributed by atoms with Crippen molar-refractivity contribution in [1.82, 2.24) is 10.3 Å². The maximum atomic E-state index is 10.9. The second-order valence-corrected chi connectivity index (χ2v) is 6.69. The van der Waals surface area contributed by atoms with Gasteiger partial charge in [0.05, 0.1) is 30.5 Å². The van der Waals surface area contributed by atoms with Gasteiger partial charge in [-0.3, -0.25) is 4.79 Å². The van der Waals surface area contributed by atoms with E-state index < -0.39 is 11.6 Å². The van der Waals surface area contributed by atoms with Gasteiger partial charge in [-0.1, -0.05) is 0 Å². The summed E-state index contributed by atoms with van der Waals surface area (Å²) >= 11 is 1.62. The van der Waals surface area contributed by atoms with Gasteiger partial charge in [0.25, 0.3) is 0 Å². The number of hydrogen-bond acceptors (Lipinski definition) is 6. The summed E-state index contributed by atoms with van der Waals surface area (Å²) in [7, 11) is 0. The van der Waals surface area contributed by atoms with Crippen molar-refractivity contribution in [3.63, 3.8) is 0 Å². The summed E-state index contributed by atoms with van der Waals surface area (Å²) < 4.78 is 5.47. The standard InChI is InChI=1S/C14H25N3O3S/c1-10-12(21-9-16-10)4-5-20-8-11(18)7-17-14(2,3)6-13(15)19/h9,11,17-18H,4-8H2,1-3H3,(H2,15,19). The van der Waals surface area contributed by atoms with Crippen molar-refractivity contribution < 1.29 is 14.6 Å². The molecule has 1 rings (SSSR count). The Morgan fingerprint density at radius 1 is 1.62 bits per heavy atom. The molecule has 0 aliphatic carbocycles. The predicted octanol–water partition coefficient (Wildman–Crippen LogP) is 0.615. The van der Waals surface area contributed by atoms with Gasteiger partial charge in [0.1, 0.15) is 0 Å². The Morgan fingerprint density at radius 3 is 2.90 bits per heavy atom. The smallest absolute Gasteiger partial charge is 0.219 e. The van der Waals surface area contributed by atoms with Gasteiger partial charge in [0.2, 0.25) is 5.91 Å². The fourth-order valence-corrected chi connectivity index (χ4v) is 2.66. The highest BCUT2D eigenvalue weighted by Gasteiger charge is 2.20. The van der Waals surface area contributed by atoms with E-state index in [1.807, 2.05) is 26.3 Å². The first kappa shape index (κ1) is 18.0. The van der Waals surface area contributed by atoms with Crippen LogP contribution >= 0.6 is 11.3 Å². The maximum Gasteiger partial charge on any atom is 0.219 e. The number of thiazole rings is 1. The molecule has 0 aliphatic rings. The van der Waals surface area contributed by atoms with Gasteiger partial charge >= 0.3 is 0 Å². The third-order valence-corrected chi connectivity index (χ3v) is 4.06. The summed E-state index contributed by atoms with van der Waals surface area (Å²) in [6, 6.07) is 0. The third-order valence-electron chi connectivity index (χ3n) is 3.06. The molecule has 0 saturated heterocycles. The zero-order chi connectivity index (χ0) is 15.9. The molecule has 0 bridgehead atoms. The average molecular weight is 315 g/mol. The van der Waals surface area contributed by atoms with Crippen LogP contribution in [0.5, 0.6) is 0 Å². The van der Waals surface area contributed by atoms with E-state index in [0.29, 0.717) is 13.2 Å². The number of aryl methyl sites for hydroxylation is 1. The van der Waals surface area contributed by atoms with Gasteiger partial charge in [0, 0.05) is 29.8 Å². The molecule has 4 N–H and O–H groups in total. The molecule has 0 saturated carbocycles. The molecule has 21 heavy (non-hydrogen) atoms. The Kier molecular flexibility index (Phi) is 7.24. The lowest BCUT2D eigenvalue weighted by Crippen LogP contribution is -2.46. The van der Waals surface area contributed by atoms with Crippen LogP contribution in [0.3, 0.4) is 0 Å². The highest BCUT2D eigenvalue weighted by atomic mass is 32.1. The van der Waals surface area contributed by atoms with Crippen molar-refractivity contribution in [1.29, 1.82) is 0 Å². The van der Waals surface area contributed by atoms with Crippen molar-refractivity contribution in [2.24, 2.45) is 5.73 Å². The Hall–Kier alpha value is -1.02. The average Bonchev–Trinajstić information content (AvgIpc) is 2.76. The topological polar surface area (TPSA) is 97.5 Å². The number of primary amides is 1. The zero-order valence-corrected chi connectivity index (χ0v) is 13.7. The second-order valence-electron chi connectivity index (χ2n) is 5.75. The van der Waals surface area contributed by atoms with Crippen LogP contribution in [-0.4, -0.2) is 47.4 Å². The van der Waals surface area contributed by atoms with E-state index >= 15 is 0 Å². The summed E-state index contributed by atoms with van der Waals surface area (Å²) in [5.41, 5.74) is 7.61. The van der Waals surface area contributed by atoms with Crippen molar-refractivity contribution in [3.05, 3.63) is 16.1 Å². The minimum Gasteiger partial charge on any atom is -0.389 e. The van der Waals surface area contributed by atoms with Crippen LogP contribution in [0.15, 0.2) is 5.51 Å². The molecule has 1 unspecified atom stereocenters. The molecular formula is C14H25N3O3S. The van der Waals surface area contributed by atoms with Crippen molar-refractivity contribution in [3.8, 4) is 0 Å². The van der Waals surface area contributed by atoms with Gasteiger partial charge in [-0.25, -0.2) is 4.98 Å². The number of hydrogen-bond donors (Lipinski definition) is 3. The number of amides is 1. The number of carbonyl (C=O) groups excluding carboxylic acids is 1. The minimum atomic E-state index is -0.611. The lowest BCUT2D eigenvalue weighted by molar-refractivity contribution is -0.119. The number of nitrogens with zero attached hydrogens (tertiary/aromatic N) is 1. The summed E-state index contributed by atoms with van der Waals surface area (Å²) in [6.45, 7) is 6.91. The predicted molar refractivity (Wildman–Crippen MR) is 83.3 cm³/mol. The fraction of sp³-hybridized carbons (Fsp3) is 0.714. The first-order valence-electron chi connectivity index (χ1n) is 6.98. The summed E-state index contributed by atoms with van der Waals surface area (Å²) in [4.78, 5) is 16.3. The monoisotopic (exact) mass is 315 g/mol. The first-order chi connectivity index (χ1) is 9.80. The van der Waals surface area contributed by atoms with Crippen LogP contribution in [0, 0.1) is 6.92 Å². The Labute approximate surface area is 129 Å². The Morgan fingerprint density at radius 2 is 2.33 bits per heavy atom. The fourth-order valence-electron chi connectivity index (χ4n) is 1.90. The number of nitrogens with two attached hydrogens (primary N) is 1. The van der Waals surface area contributed by atoms with Crippen LogP contribution in [0.1, 0.15) is 30.8 Å². The third kappa shape index (κ3) is 7.52. The number of ether oxygens (including phenoxy) is 1. The van der Waals surface area contributed by atoms with Crippen molar-refractivity contribution in [2.45, 2.75) is 45.3 Å². The molecule has 1 aromatic rings. The van der Waals surface area contributed by atoms with Crippen molar-refractivity contribution >= 4 is 17.2 Å². The van der Waals surface area contributed by atoms with Gasteiger partial charge < -0.3 is 20.9 Å². The van der Waals surface area contributed by atoms with Crippen LogP contribution in [0.25, 0.3) is 0 Å². The minimum absolute atomic E-state index is 0.227. The SMILES string of the molecule is Cc1ncsc1CCOCC(O)CNC(C)(C)CC(N)=O. The molecule has 0 fully saturated rings. The molecule has 7 heteroatoms. The van der Waals surface area contributed by atoms with E-state index in [-0.39, 0.29) is 18.9 Å². The van der Waals surface area contributed by atoms with Gasteiger partial charge in [-0.2, -0.15) is 0 Å². The molecule has 0 aliphatic heterocycles. The molecule has 0 radical (unpaired) electrons. The number of β-amino-alcohol motifs (C(OH)–C–C–N with tert-alkyl or cyclic N) is 1. The highest BCUT2D eigenvalue weighted by Crippen LogP contribution is 2.12. The highest BCUT2D eigenvalue weighted by molar-refractivity contribution is 7.09. The maximum absolute atomic E-state index is 10.9. The molecule has 1 atom stereocenters. The second kappa shape index (κ2) is 8.43. The molecule has 6 nitrogen and oxygen atoms in total. The van der Waals surface area contributed by atoms with E-state index in [0.717, 1.165) is 12.1 Å². The number of aromatic nitrogens is 1. The molecular weight excluding hydrogens is 290 g/mol.